The average Bonchev–Trinajstić information content (AvgIpc) is 1.90. The van der Waals surface area contributed by atoms with Crippen LogP contribution >= 0.6 is 11.8 Å². The zero-order valence-electron chi connectivity index (χ0n) is 5.72. The van der Waals surface area contributed by atoms with E-state index < -0.39 is 0 Å². The molecular formula is C7H7LiS. The molecule has 0 spiro atoms. The maximum absolute atomic E-state index is 2.14. The quantitative estimate of drug-likeness (QED) is 0.406. The van der Waals surface area contributed by atoms with Gasteiger partial charge in [0.05, 0.1) is 0 Å². The van der Waals surface area contributed by atoms with Gasteiger partial charge in [-0.2, -0.15) is 0 Å². The zero-order chi connectivity index (χ0) is 6.69. The minimum atomic E-state index is 1.33. The summed E-state index contributed by atoms with van der Waals surface area (Å²) in [6, 6.07) is 8.54. The van der Waals surface area contributed by atoms with Crippen molar-refractivity contribution < 1.29 is 0 Å². The molecule has 0 bridgehead atoms. The first-order valence-electron chi connectivity index (χ1n) is 2.93. The molecule has 0 unspecified atom stereocenters. The Morgan fingerprint density at radius 1 is 1.22 bits per heavy atom. The molecular weight excluding hydrogens is 123 g/mol. The normalized spacial score (nSPS) is 9.67. The molecule has 0 radical (unpaired) electrons. The van der Waals surface area contributed by atoms with Crippen LogP contribution in [0.15, 0.2) is 29.2 Å². The summed E-state index contributed by atoms with van der Waals surface area (Å²) in [6.07, 6.45) is 2.09. The number of benzene rings is 1. The molecule has 2 heteroatoms. The Morgan fingerprint density at radius 3 is 2.22 bits per heavy atom. The molecule has 1 aromatic rings. The van der Waals surface area contributed by atoms with E-state index in [-0.39, 0.29) is 0 Å². The van der Waals surface area contributed by atoms with Gasteiger partial charge >= 0.3 is 69.1 Å². The van der Waals surface area contributed by atoms with Crippen molar-refractivity contribution in [1.82, 2.24) is 0 Å². The Labute approximate surface area is 69.2 Å². The number of rotatable bonds is 1. The third-order valence-electron chi connectivity index (χ3n) is 1.26. The molecule has 0 nitrogen and oxygen atoms in total. The van der Waals surface area contributed by atoms with E-state index in [1.54, 1.807) is 11.8 Å². The molecule has 0 amide bonds. The Kier molecular flexibility index (Phi) is 2.72. The molecule has 0 aliphatic rings. The fourth-order valence-electron chi connectivity index (χ4n) is 0.674. The van der Waals surface area contributed by atoms with Gasteiger partial charge in [0.2, 0.25) is 0 Å². The summed E-state index contributed by atoms with van der Waals surface area (Å²) in [5, 5.41) is 0. The molecule has 0 saturated carbocycles. The molecule has 1 aromatic carbocycles. The Bertz CT molecular complexity index is 181. The maximum atomic E-state index is 2.14. The average molecular weight is 130 g/mol. The second-order valence-corrected chi connectivity index (χ2v) is 2.90. The van der Waals surface area contributed by atoms with Gasteiger partial charge in [0, 0.05) is 0 Å². The van der Waals surface area contributed by atoms with E-state index in [2.05, 4.69) is 48.2 Å². The Morgan fingerprint density at radius 2 is 1.78 bits per heavy atom. The van der Waals surface area contributed by atoms with Crippen molar-refractivity contribution in [3.8, 4) is 0 Å². The Balaban J connectivity index is 2.88. The number of hydrogen-bond donors (Lipinski definition) is 0. The van der Waals surface area contributed by atoms with Gasteiger partial charge in [-0.25, -0.2) is 0 Å². The van der Waals surface area contributed by atoms with Crippen LogP contribution in [0.5, 0.6) is 0 Å². The SMILES string of the molecule is [Li][c]1ccc(SC)cc1. The van der Waals surface area contributed by atoms with E-state index in [4.69, 9.17) is 0 Å². The van der Waals surface area contributed by atoms with Crippen LogP contribution in [0.4, 0.5) is 0 Å². The van der Waals surface area contributed by atoms with Gasteiger partial charge < -0.3 is 0 Å². The predicted octanol–water partition coefficient (Wildman–Crippen LogP) is 1.20. The molecule has 0 atom stereocenters. The summed E-state index contributed by atoms with van der Waals surface area (Å²) in [4.78, 5) is 1.33. The van der Waals surface area contributed by atoms with E-state index in [9.17, 15) is 0 Å². The van der Waals surface area contributed by atoms with Crippen molar-refractivity contribution in [3.63, 3.8) is 0 Å². The minimum absolute atomic E-state index is 1.33. The van der Waals surface area contributed by atoms with Crippen molar-refractivity contribution >= 4 is 33.7 Å². The molecule has 0 aliphatic heterocycles. The summed E-state index contributed by atoms with van der Waals surface area (Å²) in [6.45, 7) is 0. The van der Waals surface area contributed by atoms with Crippen molar-refractivity contribution in [2.24, 2.45) is 0 Å². The van der Waals surface area contributed by atoms with Crippen LogP contribution < -0.4 is 4.24 Å². The molecule has 0 N–H and O–H groups in total. The van der Waals surface area contributed by atoms with Gasteiger partial charge in [0.1, 0.15) is 0 Å². The van der Waals surface area contributed by atoms with Crippen LogP contribution in [0, 0.1) is 0 Å². The van der Waals surface area contributed by atoms with E-state index in [1.165, 1.54) is 9.13 Å². The van der Waals surface area contributed by atoms with E-state index in [1.807, 2.05) is 0 Å². The fraction of sp³-hybridized carbons (Fsp3) is 0.143. The third kappa shape index (κ3) is 2.10. The fourth-order valence-corrected chi connectivity index (χ4v) is 1.08. The first-order valence-corrected chi connectivity index (χ1v) is 4.16. The van der Waals surface area contributed by atoms with Gasteiger partial charge in [0.15, 0.2) is 0 Å². The van der Waals surface area contributed by atoms with Crippen molar-refractivity contribution in [1.29, 1.82) is 0 Å². The molecule has 1 rings (SSSR count). The van der Waals surface area contributed by atoms with E-state index in [0.29, 0.717) is 0 Å². The summed E-state index contributed by atoms with van der Waals surface area (Å²) >= 11 is 3.88. The van der Waals surface area contributed by atoms with Crippen molar-refractivity contribution in [3.05, 3.63) is 24.3 Å². The van der Waals surface area contributed by atoms with E-state index in [0.717, 1.165) is 0 Å². The van der Waals surface area contributed by atoms with Gasteiger partial charge in [0.25, 0.3) is 0 Å². The van der Waals surface area contributed by atoms with Crippen LogP contribution in [-0.2, 0) is 0 Å². The molecule has 0 aliphatic carbocycles. The summed E-state index contributed by atoms with van der Waals surface area (Å²) in [7, 11) is 0. The second-order valence-electron chi connectivity index (χ2n) is 2.02. The van der Waals surface area contributed by atoms with E-state index >= 15 is 0 Å². The predicted molar refractivity (Wildman–Crippen MR) is 43.6 cm³/mol. The zero-order valence-corrected chi connectivity index (χ0v) is 6.53. The summed E-state index contributed by atoms with van der Waals surface area (Å²) in [5.41, 5.74) is 0. The van der Waals surface area contributed by atoms with Gasteiger partial charge in [-0.3, -0.25) is 0 Å². The first kappa shape index (κ1) is 7.28. The van der Waals surface area contributed by atoms with Crippen LogP contribution in [0.2, 0.25) is 0 Å². The molecule has 0 aromatic heterocycles. The summed E-state index contributed by atoms with van der Waals surface area (Å²) < 4.78 is 1.33. The Hall–Kier alpha value is 0.167. The van der Waals surface area contributed by atoms with Crippen LogP contribution in [-0.4, -0.2) is 24.0 Å². The first-order chi connectivity index (χ1) is 4.33. The molecule has 0 fully saturated rings. The summed E-state index contributed by atoms with van der Waals surface area (Å²) in [5.74, 6) is 0. The van der Waals surface area contributed by atoms with Gasteiger partial charge in [-0.1, -0.05) is 0 Å². The molecule has 42 valence electrons. The van der Waals surface area contributed by atoms with Crippen LogP contribution in [0.25, 0.3) is 0 Å². The molecule has 9 heavy (non-hydrogen) atoms. The van der Waals surface area contributed by atoms with Crippen molar-refractivity contribution in [2.45, 2.75) is 4.90 Å². The number of hydrogen-bond acceptors (Lipinski definition) is 1. The molecule has 0 heterocycles. The standard InChI is InChI=1S/C7H7S.Li/c1-8-7-5-3-2-4-6-7;/h3-6H,1H3;. The van der Waals surface area contributed by atoms with Gasteiger partial charge in [-0.15, -0.1) is 0 Å². The topological polar surface area (TPSA) is 0 Å². The number of thioether (sulfide) groups is 1. The molecule has 0 saturated heterocycles. The van der Waals surface area contributed by atoms with Crippen LogP contribution in [0.1, 0.15) is 0 Å². The second kappa shape index (κ2) is 3.36. The third-order valence-corrected chi connectivity index (χ3v) is 2.00. The monoisotopic (exact) mass is 130 g/mol. The van der Waals surface area contributed by atoms with Crippen molar-refractivity contribution in [2.75, 3.05) is 6.26 Å². The van der Waals surface area contributed by atoms with Gasteiger partial charge in [-0.05, 0) is 0 Å². The van der Waals surface area contributed by atoms with Crippen LogP contribution in [0.3, 0.4) is 0 Å².